The molecule has 0 bridgehead atoms. The minimum Gasteiger partial charge on any atom is -0.493 e. The fourth-order valence-electron chi connectivity index (χ4n) is 2.77. The lowest BCUT2D eigenvalue weighted by Crippen LogP contribution is -2.30. The van der Waals surface area contributed by atoms with Gasteiger partial charge in [-0.1, -0.05) is 31.2 Å². The van der Waals surface area contributed by atoms with Crippen molar-refractivity contribution < 1.29 is 13.2 Å². The lowest BCUT2D eigenvalue weighted by Gasteiger charge is -2.25. The largest absolute Gasteiger partial charge is 0.493 e. The summed E-state index contributed by atoms with van der Waals surface area (Å²) >= 11 is 0. The summed E-state index contributed by atoms with van der Waals surface area (Å²) in [4.78, 5) is 0.309. The van der Waals surface area contributed by atoms with E-state index in [1.807, 2.05) is 31.2 Å². The van der Waals surface area contributed by atoms with Crippen molar-refractivity contribution in [2.24, 2.45) is 0 Å². The molecule has 0 spiro atoms. The smallest absolute Gasteiger partial charge is 0.240 e. The van der Waals surface area contributed by atoms with E-state index < -0.39 is 10.0 Å². The Kier molecular flexibility index (Phi) is 4.68. The van der Waals surface area contributed by atoms with E-state index in [1.54, 1.807) is 18.2 Å². The van der Waals surface area contributed by atoms with E-state index in [0.717, 1.165) is 29.7 Å². The van der Waals surface area contributed by atoms with Crippen molar-refractivity contribution in [3.05, 3.63) is 59.7 Å². The molecule has 4 nitrogen and oxygen atoms in total. The van der Waals surface area contributed by atoms with Crippen LogP contribution in [0.1, 0.15) is 30.4 Å². The van der Waals surface area contributed by atoms with Crippen LogP contribution in [0.15, 0.2) is 47.4 Å². The first-order valence-corrected chi connectivity index (χ1v) is 9.30. The molecular weight excluding hydrogens is 310 g/mol. The summed E-state index contributed by atoms with van der Waals surface area (Å²) in [6.07, 6.45) is 1.69. The van der Waals surface area contributed by atoms with E-state index in [1.165, 1.54) is 0 Å². The molecule has 23 heavy (non-hydrogen) atoms. The van der Waals surface area contributed by atoms with Crippen LogP contribution < -0.4 is 9.46 Å². The lowest BCUT2D eigenvalue weighted by atomic mass is 9.93. The van der Waals surface area contributed by atoms with E-state index >= 15 is 0 Å². The molecule has 0 aliphatic carbocycles. The third kappa shape index (κ3) is 3.57. The fraction of sp³-hybridized carbons (Fsp3) is 0.333. The Balaban J connectivity index is 1.72. The molecule has 1 radical (unpaired) electrons. The van der Waals surface area contributed by atoms with Crippen LogP contribution in [0.25, 0.3) is 0 Å². The molecule has 0 amide bonds. The number of benzene rings is 2. The molecule has 1 atom stereocenters. The van der Waals surface area contributed by atoms with Gasteiger partial charge >= 0.3 is 0 Å². The van der Waals surface area contributed by atoms with Gasteiger partial charge in [-0.25, -0.2) is 13.1 Å². The van der Waals surface area contributed by atoms with E-state index in [-0.39, 0.29) is 5.92 Å². The minimum atomic E-state index is -3.49. The van der Waals surface area contributed by atoms with Gasteiger partial charge in [0.1, 0.15) is 5.75 Å². The van der Waals surface area contributed by atoms with Crippen molar-refractivity contribution in [1.29, 1.82) is 0 Å². The molecular formula is C18H20NO3S. The van der Waals surface area contributed by atoms with Crippen molar-refractivity contribution in [2.45, 2.75) is 30.6 Å². The molecule has 121 valence electrons. The van der Waals surface area contributed by atoms with Gasteiger partial charge in [-0.15, -0.1) is 0 Å². The summed E-state index contributed by atoms with van der Waals surface area (Å²) in [7, 11) is -3.49. The monoisotopic (exact) mass is 330 g/mol. The van der Waals surface area contributed by atoms with Crippen molar-refractivity contribution in [2.75, 3.05) is 13.2 Å². The van der Waals surface area contributed by atoms with Gasteiger partial charge in [0.2, 0.25) is 10.0 Å². The minimum absolute atomic E-state index is 0.123. The molecule has 0 aromatic heterocycles. The highest BCUT2D eigenvalue weighted by atomic mass is 32.2. The van der Waals surface area contributed by atoms with Crippen LogP contribution in [0.2, 0.25) is 0 Å². The van der Waals surface area contributed by atoms with Crippen molar-refractivity contribution in [1.82, 2.24) is 4.72 Å². The maximum Gasteiger partial charge on any atom is 0.240 e. The molecule has 5 heteroatoms. The summed E-state index contributed by atoms with van der Waals surface area (Å²) in [6, 6.07) is 15.6. The molecule has 0 saturated heterocycles. The van der Waals surface area contributed by atoms with Gasteiger partial charge in [0.25, 0.3) is 0 Å². The zero-order valence-corrected chi connectivity index (χ0v) is 13.9. The zero-order chi connectivity index (χ0) is 16.3. The highest BCUT2D eigenvalue weighted by Gasteiger charge is 2.23. The van der Waals surface area contributed by atoms with E-state index in [4.69, 9.17) is 4.74 Å². The van der Waals surface area contributed by atoms with E-state index in [0.29, 0.717) is 18.0 Å². The molecule has 1 heterocycles. The first kappa shape index (κ1) is 16.0. The summed E-state index contributed by atoms with van der Waals surface area (Å²) in [5.74, 6) is 0.924. The number of hydrogen-bond donors (Lipinski definition) is 1. The van der Waals surface area contributed by atoms with Crippen LogP contribution in [0.5, 0.6) is 5.75 Å². The third-order valence-electron chi connectivity index (χ3n) is 4.18. The van der Waals surface area contributed by atoms with Gasteiger partial charge in [0, 0.05) is 12.5 Å². The average Bonchev–Trinajstić information content (AvgIpc) is 2.60. The number of sulfonamides is 1. The van der Waals surface area contributed by atoms with Crippen molar-refractivity contribution in [3.63, 3.8) is 0 Å². The Morgan fingerprint density at radius 1 is 1.26 bits per heavy atom. The van der Waals surface area contributed by atoms with Gasteiger partial charge in [0.05, 0.1) is 11.5 Å². The van der Waals surface area contributed by atoms with Gasteiger partial charge in [-0.05, 0) is 48.2 Å². The highest BCUT2D eigenvalue weighted by Crippen LogP contribution is 2.32. The van der Waals surface area contributed by atoms with Gasteiger partial charge in [-0.2, -0.15) is 0 Å². The summed E-state index contributed by atoms with van der Waals surface area (Å²) in [6.45, 7) is 3.02. The Morgan fingerprint density at radius 2 is 2.04 bits per heavy atom. The van der Waals surface area contributed by atoms with Crippen LogP contribution in [0, 0.1) is 6.07 Å². The average molecular weight is 330 g/mol. The molecule has 2 aromatic carbocycles. The second-order valence-corrected chi connectivity index (χ2v) is 7.41. The first-order chi connectivity index (χ1) is 11.1. The van der Waals surface area contributed by atoms with Crippen LogP contribution in [-0.2, 0) is 16.4 Å². The molecule has 1 aliphatic rings. The quantitative estimate of drug-likeness (QED) is 0.917. The Hall–Kier alpha value is -1.85. The lowest BCUT2D eigenvalue weighted by molar-refractivity contribution is 0.267. The van der Waals surface area contributed by atoms with E-state index in [9.17, 15) is 8.42 Å². The molecule has 0 fully saturated rings. The molecule has 1 unspecified atom stereocenters. The maximum absolute atomic E-state index is 12.4. The third-order valence-corrected chi connectivity index (χ3v) is 5.62. The number of rotatable bonds is 5. The number of ether oxygens (including phenoxy) is 1. The normalized spacial score (nSPS) is 17.3. The molecule has 1 aliphatic heterocycles. The van der Waals surface area contributed by atoms with Crippen LogP contribution in [0.4, 0.5) is 0 Å². The highest BCUT2D eigenvalue weighted by molar-refractivity contribution is 7.89. The summed E-state index contributed by atoms with van der Waals surface area (Å²) < 4.78 is 33.2. The van der Waals surface area contributed by atoms with Crippen LogP contribution >= 0.6 is 0 Å². The van der Waals surface area contributed by atoms with Crippen LogP contribution in [-0.4, -0.2) is 21.6 Å². The summed E-state index contributed by atoms with van der Waals surface area (Å²) in [5.41, 5.74) is 2.16. The van der Waals surface area contributed by atoms with Crippen LogP contribution in [0.3, 0.4) is 0 Å². The number of aryl methyl sites for hydroxylation is 1. The maximum atomic E-state index is 12.4. The number of nitrogens with one attached hydrogen (secondary N) is 1. The van der Waals surface area contributed by atoms with E-state index in [2.05, 4.69) is 10.8 Å². The van der Waals surface area contributed by atoms with Gasteiger partial charge in [-0.3, -0.25) is 0 Å². The number of hydrogen-bond acceptors (Lipinski definition) is 3. The van der Waals surface area contributed by atoms with Crippen molar-refractivity contribution in [3.8, 4) is 5.75 Å². The molecule has 0 saturated carbocycles. The van der Waals surface area contributed by atoms with Gasteiger partial charge < -0.3 is 4.74 Å². The van der Waals surface area contributed by atoms with Gasteiger partial charge in [0.15, 0.2) is 0 Å². The Bertz CT molecular complexity index is 769. The summed E-state index contributed by atoms with van der Waals surface area (Å²) in [5, 5.41) is 0. The van der Waals surface area contributed by atoms with Crippen molar-refractivity contribution >= 4 is 10.0 Å². The fourth-order valence-corrected chi connectivity index (χ4v) is 3.85. The molecule has 2 aromatic rings. The second kappa shape index (κ2) is 6.72. The molecule has 3 rings (SSSR count). The standard InChI is InChI=1S/C18H20NO3S/c1-2-14-7-9-16(10-8-14)23(20,21)19-13-15-11-12-22-18-6-4-3-5-17(15)18/h3,5-10,15,19H,2,11-13H2,1H3. The predicted molar refractivity (Wildman–Crippen MR) is 89.1 cm³/mol. The zero-order valence-electron chi connectivity index (χ0n) is 13.1. The molecule has 1 N–H and O–H groups in total. The topological polar surface area (TPSA) is 55.4 Å². The Morgan fingerprint density at radius 3 is 2.78 bits per heavy atom. The first-order valence-electron chi connectivity index (χ1n) is 7.81. The number of fused-ring (bicyclic) bond motifs is 1. The predicted octanol–water partition coefficient (Wildman–Crippen LogP) is 2.89. The SMILES string of the molecule is CCc1ccc(S(=O)(=O)NCC2CCOc3c[c]ccc32)cc1. The second-order valence-electron chi connectivity index (χ2n) is 5.65. The Labute approximate surface area is 137 Å².